The second kappa shape index (κ2) is 9.61. The summed E-state index contributed by atoms with van der Waals surface area (Å²) in [5.41, 5.74) is 3.20. The van der Waals surface area contributed by atoms with Gasteiger partial charge in [-0.05, 0) is 42.8 Å². The van der Waals surface area contributed by atoms with E-state index < -0.39 is 11.9 Å². The molecule has 9 heteroatoms. The standard InChI is InChI=1S/C19H19ClN2O6/c1-11-8-13(5-6-14(11)20)28-10-16(23)22-21-9-12-4-7-15(26-2)18(27-3)17(12)19(24)25/h4-9H,10H2,1-3H3,(H,22,23)(H,24,25)/b21-9-. The van der Waals surface area contributed by atoms with Gasteiger partial charge in [0.25, 0.3) is 5.91 Å². The van der Waals surface area contributed by atoms with Gasteiger partial charge in [0, 0.05) is 10.6 Å². The van der Waals surface area contributed by atoms with Crippen LogP contribution in [0, 0.1) is 6.92 Å². The predicted octanol–water partition coefficient (Wildman–Crippen LogP) is 2.89. The molecule has 0 atom stereocenters. The third-order valence-corrected chi connectivity index (χ3v) is 4.11. The maximum Gasteiger partial charge on any atom is 0.340 e. The lowest BCUT2D eigenvalue weighted by Gasteiger charge is -2.12. The molecule has 0 bridgehead atoms. The molecular formula is C19H19ClN2O6. The van der Waals surface area contributed by atoms with Gasteiger partial charge in [-0.25, -0.2) is 10.2 Å². The molecule has 0 fully saturated rings. The van der Waals surface area contributed by atoms with Gasteiger partial charge in [-0.15, -0.1) is 0 Å². The van der Waals surface area contributed by atoms with Gasteiger partial charge in [-0.2, -0.15) is 5.10 Å². The number of benzene rings is 2. The number of aryl methyl sites for hydroxylation is 1. The summed E-state index contributed by atoms with van der Waals surface area (Å²) in [7, 11) is 2.74. The molecule has 0 unspecified atom stereocenters. The average molecular weight is 407 g/mol. The van der Waals surface area contributed by atoms with Crippen molar-refractivity contribution in [3.63, 3.8) is 0 Å². The number of aromatic carboxylic acids is 1. The van der Waals surface area contributed by atoms with Gasteiger partial charge in [-0.1, -0.05) is 11.6 Å². The molecule has 2 N–H and O–H groups in total. The van der Waals surface area contributed by atoms with E-state index in [1.165, 1.54) is 26.5 Å². The number of carbonyl (C=O) groups is 2. The number of ether oxygens (including phenoxy) is 3. The maximum absolute atomic E-state index is 11.9. The van der Waals surface area contributed by atoms with Crippen LogP contribution in [0.15, 0.2) is 35.4 Å². The molecule has 0 radical (unpaired) electrons. The first-order valence-electron chi connectivity index (χ1n) is 8.06. The smallest absolute Gasteiger partial charge is 0.340 e. The molecule has 0 saturated carbocycles. The SMILES string of the molecule is COc1ccc(/C=N\NC(=O)COc2ccc(Cl)c(C)c2)c(C(=O)O)c1OC. The fourth-order valence-corrected chi connectivity index (χ4v) is 2.45. The van der Waals surface area contributed by atoms with Gasteiger partial charge in [0.1, 0.15) is 11.3 Å². The number of hydrogen-bond acceptors (Lipinski definition) is 6. The van der Waals surface area contributed by atoms with Crippen molar-refractivity contribution < 1.29 is 28.9 Å². The summed E-state index contributed by atoms with van der Waals surface area (Å²) in [6, 6.07) is 8.07. The van der Waals surface area contributed by atoms with E-state index in [4.69, 9.17) is 25.8 Å². The highest BCUT2D eigenvalue weighted by Gasteiger charge is 2.20. The number of carboxylic acid groups (broad SMARTS) is 1. The summed E-state index contributed by atoms with van der Waals surface area (Å²) in [5.74, 6) is -0.903. The Labute approximate surface area is 166 Å². The highest BCUT2D eigenvalue weighted by Crippen LogP contribution is 2.32. The molecule has 0 aliphatic carbocycles. The number of carboxylic acids is 1. The van der Waals surface area contributed by atoms with Gasteiger partial charge in [-0.3, -0.25) is 4.79 Å². The monoisotopic (exact) mass is 406 g/mol. The van der Waals surface area contributed by atoms with E-state index in [9.17, 15) is 14.7 Å². The van der Waals surface area contributed by atoms with Crippen molar-refractivity contribution in [3.8, 4) is 17.2 Å². The van der Waals surface area contributed by atoms with Crippen LogP contribution in [0.4, 0.5) is 0 Å². The predicted molar refractivity (Wildman–Crippen MR) is 104 cm³/mol. The van der Waals surface area contributed by atoms with E-state index in [0.29, 0.717) is 10.8 Å². The zero-order valence-corrected chi connectivity index (χ0v) is 16.2. The van der Waals surface area contributed by atoms with E-state index in [0.717, 1.165) is 5.56 Å². The molecule has 0 aliphatic rings. The Morgan fingerprint density at radius 3 is 2.57 bits per heavy atom. The first-order chi connectivity index (χ1) is 13.4. The molecule has 0 saturated heterocycles. The molecule has 1 amide bonds. The van der Waals surface area contributed by atoms with Crippen molar-refractivity contribution in [1.82, 2.24) is 5.43 Å². The van der Waals surface area contributed by atoms with Crippen molar-refractivity contribution in [2.75, 3.05) is 20.8 Å². The van der Waals surface area contributed by atoms with Crippen molar-refractivity contribution in [2.24, 2.45) is 5.10 Å². The number of nitrogens with one attached hydrogen (secondary N) is 1. The Bertz CT molecular complexity index is 914. The van der Waals surface area contributed by atoms with E-state index in [1.807, 2.05) is 6.92 Å². The summed E-state index contributed by atoms with van der Waals surface area (Å²) >= 11 is 5.93. The number of carbonyl (C=O) groups excluding carboxylic acids is 1. The largest absolute Gasteiger partial charge is 0.493 e. The lowest BCUT2D eigenvalue weighted by molar-refractivity contribution is -0.123. The van der Waals surface area contributed by atoms with Crippen LogP contribution >= 0.6 is 11.6 Å². The Kier molecular flexibility index (Phi) is 7.22. The van der Waals surface area contributed by atoms with Gasteiger partial charge in [0.05, 0.1) is 20.4 Å². The molecule has 2 rings (SSSR count). The van der Waals surface area contributed by atoms with Gasteiger partial charge >= 0.3 is 5.97 Å². The second-order valence-electron chi connectivity index (χ2n) is 5.56. The zero-order chi connectivity index (χ0) is 20.7. The minimum absolute atomic E-state index is 0.0618. The molecule has 2 aromatic carbocycles. The van der Waals surface area contributed by atoms with Crippen LogP contribution in [-0.2, 0) is 4.79 Å². The Morgan fingerprint density at radius 2 is 1.96 bits per heavy atom. The summed E-state index contributed by atoms with van der Waals surface area (Å²) in [6.45, 7) is 1.55. The number of hydrogen-bond donors (Lipinski definition) is 2. The minimum atomic E-state index is -1.22. The van der Waals surface area contributed by atoms with Crippen LogP contribution < -0.4 is 19.6 Å². The lowest BCUT2D eigenvalue weighted by atomic mass is 10.1. The normalized spacial score (nSPS) is 10.6. The van der Waals surface area contributed by atoms with Gasteiger partial charge in [0.15, 0.2) is 18.1 Å². The van der Waals surface area contributed by atoms with Crippen molar-refractivity contribution in [1.29, 1.82) is 0 Å². The molecule has 2 aromatic rings. The van der Waals surface area contributed by atoms with E-state index >= 15 is 0 Å². The molecular weight excluding hydrogens is 388 g/mol. The Morgan fingerprint density at radius 1 is 1.21 bits per heavy atom. The van der Waals surface area contributed by atoms with Gasteiger partial charge in [0.2, 0.25) is 0 Å². The van der Waals surface area contributed by atoms with Crippen LogP contribution in [0.5, 0.6) is 17.2 Å². The summed E-state index contributed by atoms with van der Waals surface area (Å²) < 4.78 is 15.6. The topological polar surface area (TPSA) is 106 Å². The molecule has 28 heavy (non-hydrogen) atoms. The molecule has 0 heterocycles. The summed E-state index contributed by atoms with van der Waals surface area (Å²) in [4.78, 5) is 23.4. The minimum Gasteiger partial charge on any atom is -0.493 e. The Hall–Kier alpha value is -3.26. The van der Waals surface area contributed by atoms with Crippen LogP contribution in [0.1, 0.15) is 21.5 Å². The second-order valence-corrected chi connectivity index (χ2v) is 5.97. The van der Waals surface area contributed by atoms with Gasteiger partial charge < -0.3 is 19.3 Å². The first kappa shape index (κ1) is 21.0. The number of amides is 1. The molecule has 0 spiro atoms. The van der Waals surface area contributed by atoms with Crippen molar-refractivity contribution >= 4 is 29.7 Å². The zero-order valence-electron chi connectivity index (χ0n) is 15.5. The Balaban J connectivity index is 2.04. The van der Waals surface area contributed by atoms with Crippen LogP contribution in [0.3, 0.4) is 0 Å². The molecule has 0 aliphatic heterocycles. The highest BCUT2D eigenvalue weighted by molar-refractivity contribution is 6.31. The molecule has 0 aromatic heterocycles. The fourth-order valence-electron chi connectivity index (χ4n) is 2.33. The van der Waals surface area contributed by atoms with Crippen LogP contribution in [-0.4, -0.2) is 44.0 Å². The average Bonchev–Trinajstić information content (AvgIpc) is 2.68. The molecule has 148 valence electrons. The van der Waals surface area contributed by atoms with Crippen LogP contribution in [0.25, 0.3) is 0 Å². The quantitative estimate of drug-likeness (QED) is 0.515. The number of halogens is 1. The summed E-state index contributed by atoms with van der Waals surface area (Å²) in [6.07, 6.45) is 1.20. The van der Waals surface area contributed by atoms with E-state index in [-0.39, 0.29) is 29.2 Å². The van der Waals surface area contributed by atoms with E-state index in [2.05, 4.69) is 10.5 Å². The van der Waals surface area contributed by atoms with Crippen LogP contribution in [0.2, 0.25) is 5.02 Å². The van der Waals surface area contributed by atoms with Crippen molar-refractivity contribution in [2.45, 2.75) is 6.92 Å². The van der Waals surface area contributed by atoms with Crippen molar-refractivity contribution in [3.05, 3.63) is 52.0 Å². The summed E-state index contributed by atoms with van der Waals surface area (Å²) in [5, 5.41) is 13.8. The first-order valence-corrected chi connectivity index (χ1v) is 8.44. The number of hydrazone groups is 1. The number of nitrogens with zero attached hydrogens (tertiary/aromatic N) is 1. The fraction of sp³-hybridized carbons (Fsp3) is 0.211. The van der Waals surface area contributed by atoms with E-state index in [1.54, 1.807) is 24.3 Å². The maximum atomic E-state index is 11.9. The molecule has 8 nitrogen and oxygen atoms in total. The number of methoxy groups -OCH3 is 2. The highest BCUT2D eigenvalue weighted by atomic mass is 35.5. The third kappa shape index (κ3) is 5.14. The lowest BCUT2D eigenvalue weighted by Crippen LogP contribution is -2.24. The third-order valence-electron chi connectivity index (χ3n) is 3.68. The number of rotatable bonds is 8.